The molecule has 0 aromatic heterocycles. The summed E-state index contributed by atoms with van der Waals surface area (Å²) in [7, 11) is 6.75. The molecule has 2 aliphatic rings. The van der Waals surface area contributed by atoms with Crippen LogP contribution in [-0.4, -0.2) is 49.6 Å². The van der Waals surface area contributed by atoms with Crippen LogP contribution < -0.4 is 0 Å². The van der Waals surface area contributed by atoms with Crippen LogP contribution in [0.3, 0.4) is 0 Å². The molecular formula is C14H28N2. The quantitative estimate of drug-likeness (QED) is 0.675. The maximum Gasteiger partial charge on any atom is 0.0175 e. The lowest BCUT2D eigenvalue weighted by Gasteiger charge is -2.50. The van der Waals surface area contributed by atoms with Gasteiger partial charge in [0.25, 0.3) is 0 Å². The van der Waals surface area contributed by atoms with Crippen LogP contribution in [0.5, 0.6) is 0 Å². The lowest BCUT2D eigenvalue weighted by atomic mass is 9.63. The Morgan fingerprint density at radius 2 is 1.38 bits per heavy atom. The van der Waals surface area contributed by atoms with Crippen molar-refractivity contribution >= 4 is 0 Å². The molecule has 16 heavy (non-hydrogen) atoms. The highest BCUT2D eigenvalue weighted by Gasteiger charge is 2.42. The van der Waals surface area contributed by atoms with Gasteiger partial charge in [0.15, 0.2) is 0 Å². The fourth-order valence-corrected chi connectivity index (χ4v) is 3.36. The molecule has 2 rings (SSSR count). The Kier molecular flexibility index (Phi) is 3.33. The summed E-state index contributed by atoms with van der Waals surface area (Å²) in [6.45, 7) is 5.08. The van der Waals surface area contributed by atoms with E-state index >= 15 is 0 Å². The van der Waals surface area contributed by atoms with Crippen molar-refractivity contribution in [3.63, 3.8) is 0 Å². The molecule has 0 aromatic rings. The van der Waals surface area contributed by atoms with Gasteiger partial charge in [-0.15, -0.1) is 0 Å². The molecule has 1 aliphatic heterocycles. The van der Waals surface area contributed by atoms with E-state index in [1.165, 1.54) is 51.6 Å². The van der Waals surface area contributed by atoms with Crippen LogP contribution in [0, 0.1) is 5.41 Å². The summed E-state index contributed by atoms with van der Waals surface area (Å²) in [6.07, 6.45) is 8.57. The molecule has 1 aliphatic carbocycles. The Morgan fingerprint density at radius 3 is 1.81 bits per heavy atom. The van der Waals surface area contributed by atoms with Crippen molar-refractivity contribution < 1.29 is 0 Å². The van der Waals surface area contributed by atoms with Gasteiger partial charge in [0.05, 0.1) is 0 Å². The van der Waals surface area contributed by atoms with Gasteiger partial charge in [-0.2, -0.15) is 0 Å². The molecular weight excluding hydrogens is 196 g/mol. The molecule has 0 bridgehead atoms. The predicted octanol–water partition coefficient (Wildman–Crippen LogP) is 2.59. The average Bonchev–Trinajstić information content (AvgIpc) is 2.27. The Hall–Kier alpha value is -0.0800. The normalized spacial score (nSPS) is 29.8. The van der Waals surface area contributed by atoms with E-state index in [0.717, 1.165) is 0 Å². The van der Waals surface area contributed by atoms with Crippen LogP contribution in [0.4, 0.5) is 0 Å². The molecule has 2 nitrogen and oxygen atoms in total. The highest BCUT2D eigenvalue weighted by molar-refractivity contribution is 4.97. The van der Waals surface area contributed by atoms with Crippen molar-refractivity contribution in [2.24, 2.45) is 5.41 Å². The van der Waals surface area contributed by atoms with Crippen LogP contribution >= 0.6 is 0 Å². The molecule has 0 radical (unpaired) electrons. The van der Waals surface area contributed by atoms with Crippen molar-refractivity contribution in [2.75, 3.05) is 34.2 Å². The van der Waals surface area contributed by atoms with E-state index in [1.54, 1.807) is 0 Å². The number of hydrogen-bond donors (Lipinski definition) is 0. The number of piperidine rings is 1. The van der Waals surface area contributed by atoms with Crippen molar-refractivity contribution in [2.45, 2.75) is 51.0 Å². The van der Waals surface area contributed by atoms with E-state index in [1.807, 2.05) is 0 Å². The summed E-state index contributed by atoms with van der Waals surface area (Å²) >= 11 is 0. The second kappa shape index (κ2) is 4.30. The van der Waals surface area contributed by atoms with Gasteiger partial charge in [-0.1, -0.05) is 0 Å². The second-order valence-corrected chi connectivity index (χ2v) is 6.69. The summed E-state index contributed by atoms with van der Waals surface area (Å²) < 4.78 is 0. The van der Waals surface area contributed by atoms with Gasteiger partial charge in [0.1, 0.15) is 0 Å². The summed E-state index contributed by atoms with van der Waals surface area (Å²) in [6, 6.07) is 0. The third kappa shape index (κ3) is 2.28. The molecule has 2 heteroatoms. The van der Waals surface area contributed by atoms with Crippen molar-refractivity contribution in [1.29, 1.82) is 0 Å². The second-order valence-electron chi connectivity index (χ2n) is 6.69. The zero-order valence-electron chi connectivity index (χ0n) is 11.6. The number of rotatable bonds is 1. The van der Waals surface area contributed by atoms with Crippen molar-refractivity contribution in [3.05, 3.63) is 0 Å². The zero-order chi connectivity index (χ0) is 11.8. The minimum absolute atomic E-state index is 0.467. The van der Waals surface area contributed by atoms with E-state index in [-0.39, 0.29) is 0 Å². The monoisotopic (exact) mass is 224 g/mol. The molecule has 0 N–H and O–H groups in total. The fraction of sp³-hybridized carbons (Fsp3) is 1.00. The van der Waals surface area contributed by atoms with Gasteiger partial charge in [0, 0.05) is 5.54 Å². The zero-order valence-corrected chi connectivity index (χ0v) is 11.6. The number of hydrogen-bond acceptors (Lipinski definition) is 2. The van der Waals surface area contributed by atoms with Gasteiger partial charge in [0.2, 0.25) is 0 Å². The molecule has 1 saturated heterocycles. The van der Waals surface area contributed by atoms with Crippen molar-refractivity contribution in [3.8, 4) is 0 Å². The third-order valence-corrected chi connectivity index (χ3v) is 5.52. The molecule has 0 atom stereocenters. The smallest absolute Gasteiger partial charge is 0.0175 e. The van der Waals surface area contributed by atoms with E-state index in [2.05, 4.69) is 37.9 Å². The first-order valence-corrected chi connectivity index (χ1v) is 6.82. The fourth-order valence-electron chi connectivity index (χ4n) is 3.36. The summed E-state index contributed by atoms with van der Waals surface area (Å²) in [5.74, 6) is 0. The minimum Gasteiger partial charge on any atom is -0.306 e. The van der Waals surface area contributed by atoms with Gasteiger partial charge in [-0.25, -0.2) is 0 Å². The maximum absolute atomic E-state index is 2.49. The van der Waals surface area contributed by atoms with Crippen LogP contribution in [0.25, 0.3) is 0 Å². The lowest BCUT2D eigenvalue weighted by molar-refractivity contribution is 0.0135. The number of nitrogens with zero attached hydrogens (tertiary/aromatic N) is 2. The predicted molar refractivity (Wildman–Crippen MR) is 69.7 cm³/mol. The third-order valence-electron chi connectivity index (χ3n) is 5.52. The van der Waals surface area contributed by atoms with Crippen molar-refractivity contribution in [1.82, 2.24) is 9.80 Å². The van der Waals surface area contributed by atoms with E-state index in [9.17, 15) is 0 Å². The molecule has 1 saturated carbocycles. The highest BCUT2D eigenvalue weighted by Crippen LogP contribution is 2.48. The standard InChI is InChI=1S/C14H28N2/c1-13(15(2)3)5-7-14(8-6-13)9-11-16(4)12-10-14/h5-12H2,1-4H3. The minimum atomic E-state index is 0.467. The molecule has 1 spiro atoms. The van der Waals surface area contributed by atoms with E-state index in [0.29, 0.717) is 11.0 Å². The lowest BCUT2D eigenvalue weighted by Crippen LogP contribution is -2.49. The van der Waals surface area contributed by atoms with Crippen LogP contribution in [-0.2, 0) is 0 Å². The Bertz CT molecular complexity index is 229. The maximum atomic E-state index is 2.49. The number of likely N-dealkylation sites (tertiary alicyclic amines) is 1. The molecule has 2 fully saturated rings. The molecule has 94 valence electrons. The highest BCUT2D eigenvalue weighted by atomic mass is 15.1. The first-order chi connectivity index (χ1) is 7.46. The SMILES string of the molecule is CN1CCC2(CC1)CCC(C)(N(C)C)CC2. The average molecular weight is 224 g/mol. The first-order valence-electron chi connectivity index (χ1n) is 6.82. The molecule has 0 unspecified atom stereocenters. The summed E-state index contributed by atoms with van der Waals surface area (Å²) in [4.78, 5) is 4.93. The Morgan fingerprint density at radius 1 is 0.875 bits per heavy atom. The first kappa shape index (κ1) is 12.4. The van der Waals surface area contributed by atoms with E-state index < -0.39 is 0 Å². The Balaban J connectivity index is 1.94. The largest absolute Gasteiger partial charge is 0.306 e. The molecule has 1 heterocycles. The molecule has 0 amide bonds. The van der Waals surface area contributed by atoms with E-state index in [4.69, 9.17) is 0 Å². The molecule has 0 aromatic carbocycles. The van der Waals surface area contributed by atoms with Crippen LogP contribution in [0.2, 0.25) is 0 Å². The topological polar surface area (TPSA) is 6.48 Å². The van der Waals surface area contributed by atoms with Gasteiger partial charge in [-0.3, -0.25) is 0 Å². The Labute approximate surface area is 101 Å². The summed E-state index contributed by atoms with van der Waals surface area (Å²) in [5.41, 5.74) is 1.18. The van der Waals surface area contributed by atoms with Gasteiger partial charge in [-0.05, 0) is 85.1 Å². The van der Waals surface area contributed by atoms with Gasteiger partial charge >= 0.3 is 0 Å². The van der Waals surface area contributed by atoms with Crippen LogP contribution in [0.1, 0.15) is 45.4 Å². The summed E-state index contributed by atoms with van der Waals surface area (Å²) in [5, 5.41) is 0. The van der Waals surface area contributed by atoms with Crippen LogP contribution in [0.15, 0.2) is 0 Å². The van der Waals surface area contributed by atoms with Gasteiger partial charge < -0.3 is 9.80 Å².